The minimum Gasteiger partial charge on any atom is -0.439 e. The summed E-state index contributed by atoms with van der Waals surface area (Å²) in [7, 11) is 0. The van der Waals surface area contributed by atoms with Crippen molar-refractivity contribution in [1.82, 2.24) is 4.98 Å². The van der Waals surface area contributed by atoms with Crippen LogP contribution in [0.1, 0.15) is 5.56 Å². The summed E-state index contributed by atoms with van der Waals surface area (Å²) >= 11 is 5.63. The van der Waals surface area contributed by atoms with Crippen LogP contribution in [-0.4, -0.2) is 15.4 Å². The first-order valence-electron chi connectivity index (χ1n) is 5.32. The molecule has 0 saturated heterocycles. The zero-order valence-corrected chi connectivity index (χ0v) is 10.2. The molecule has 5 heteroatoms. The molecule has 0 aliphatic rings. The van der Waals surface area contributed by atoms with E-state index in [2.05, 4.69) is 10.1 Å². The third kappa shape index (κ3) is 3.46. The normalized spacial score (nSPS) is 11.3. The first kappa shape index (κ1) is 12.4. The van der Waals surface area contributed by atoms with E-state index in [9.17, 15) is 0 Å². The maximum Gasteiger partial charge on any atom is 0.219 e. The van der Waals surface area contributed by atoms with Gasteiger partial charge in [-0.05, 0) is 23.8 Å². The lowest BCUT2D eigenvalue weighted by Crippen LogP contribution is -1.94. The van der Waals surface area contributed by atoms with Gasteiger partial charge >= 0.3 is 0 Å². The monoisotopic (exact) mass is 262 g/mol. The SMILES string of the molecule is ON=C(Cl)Cc1ccc(Oc2ccccn2)cc1. The lowest BCUT2D eigenvalue weighted by molar-refractivity contribution is 0.319. The minimum atomic E-state index is 0.147. The van der Waals surface area contributed by atoms with Crippen LogP contribution in [-0.2, 0) is 6.42 Å². The van der Waals surface area contributed by atoms with E-state index >= 15 is 0 Å². The Morgan fingerprint density at radius 1 is 1.22 bits per heavy atom. The largest absolute Gasteiger partial charge is 0.439 e. The van der Waals surface area contributed by atoms with Gasteiger partial charge < -0.3 is 9.94 Å². The van der Waals surface area contributed by atoms with E-state index in [1.807, 2.05) is 36.4 Å². The van der Waals surface area contributed by atoms with Crippen molar-refractivity contribution in [3.63, 3.8) is 0 Å². The van der Waals surface area contributed by atoms with Crippen LogP contribution in [0.5, 0.6) is 11.6 Å². The molecular weight excluding hydrogens is 252 g/mol. The van der Waals surface area contributed by atoms with Gasteiger partial charge in [0.05, 0.1) is 0 Å². The quantitative estimate of drug-likeness (QED) is 0.522. The zero-order chi connectivity index (χ0) is 12.8. The van der Waals surface area contributed by atoms with Crippen molar-refractivity contribution in [2.45, 2.75) is 6.42 Å². The molecule has 0 unspecified atom stereocenters. The smallest absolute Gasteiger partial charge is 0.219 e. The Bertz CT molecular complexity index is 526. The second-order valence-electron chi connectivity index (χ2n) is 3.57. The molecule has 0 radical (unpaired) electrons. The van der Waals surface area contributed by atoms with Gasteiger partial charge in [0.25, 0.3) is 0 Å². The van der Waals surface area contributed by atoms with Crippen molar-refractivity contribution < 1.29 is 9.94 Å². The highest BCUT2D eigenvalue weighted by Gasteiger charge is 2.01. The standard InChI is InChI=1S/C13H11ClN2O2/c14-12(16-17)9-10-4-6-11(7-5-10)18-13-3-1-2-8-15-13/h1-8,17H,9H2. The number of rotatable bonds is 4. The Hall–Kier alpha value is -2.07. The lowest BCUT2D eigenvalue weighted by Gasteiger charge is -2.05. The summed E-state index contributed by atoms with van der Waals surface area (Å²) in [6.07, 6.45) is 2.06. The molecule has 1 N–H and O–H groups in total. The molecule has 0 saturated carbocycles. The van der Waals surface area contributed by atoms with Gasteiger partial charge in [-0.1, -0.05) is 35.0 Å². The molecule has 18 heavy (non-hydrogen) atoms. The summed E-state index contributed by atoms with van der Waals surface area (Å²) in [4.78, 5) is 4.06. The van der Waals surface area contributed by atoms with E-state index in [1.165, 1.54) is 0 Å². The Morgan fingerprint density at radius 2 is 2.00 bits per heavy atom. The number of pyridine rings is 1. The molecule has 4 nitrogen and oxygen atoms in total. The van der Waals surface area contributed by atoms with E-state index in [0.29, 0.717) is 18.1 Å². The van der Waals surface area contributed by atoms with Gasteiger partial charge in [-0.15, -0.1) is 0 Å². The number of hydrogen-bond donors (Lipinski definition) is 1. The van der Waals surface area contributed by atoms with Crippen molar-refractivity contribution in [3.8, 4) is 11.6 Å². The van der Waals surface area contributed by atoms with Crippen LogP contribution in [0.3, 0.4) is 0 Å². The van der Waals surface area contributed by atoms with Crippen molar-refractivity contribution >= 4 is 16.8 Å². The lowest BCUT2D eigenvalue weighted by atomic mass is 10.1. The van der Waals surface area contributed by atoms with Crippen LogP contribution in [0.25, 0.3) is 0 Å². The summed E-state index contributed by atoms with van der Waals surface area (Å²) in [5.74, 6) is 1.23. The number of nitrogens with zero attached hydrogens (tertiary/aromatic N) is 2. The molecule has 92 valence electrons. The Balaban J connectivity index is 2.04. The Labute approximate surface area is 109 Å². The van der Waals surface area contributed by atoms with Crippen molar-refractivity contribution in [2.24, 2.45) is 5.16 Å². The minimum absolute atomic E-state index is 0.147. The number of aromatic nitrogens is 1. The molecule has 0 atom stereocenters. The number of ether oxygens (including phenoxy) is 1. The average molecular weight is 263 g/mol. The van der Waals surface area contributed by atoms with Crippen LogP contribution in [0.15, 0.2) is 53.8 Å². The van der Waals surface area contributed by atoms with Crippen LogP contribution in [0, 0.1) is 0 Å². The molecule has 1 aromatic heterocycles. The molecule has 0 amide bonds. The number of benzene rings is 1. The van der Waals surface area contributed by atoms with E-state index in [0.717, 1.165) is 5.56 Å². The maximum atomic E-state index is 8.47. The van der Waals surface area contributed by atoms with Gasteiger partial charge in [0.2, 0.25) is 5.88 Å². The Morgan fingerprint density at radius 3 is 2.61 bits per heavy atom. The van der Waals surface area contributed by atoms with Gasteiger partial charge in [-0.2, -0.15) is 0 Å². The summed E-state index contributed by atoms with van der Waals surface area (Å²) in [5, 5.41) is 11.5. The maximum absolute atomic E-state index is 8.47. The summed E-state index contributed by atoms with van der Waals surface area (Å²) in [6, 6.07) is 12.8. The summed E-state index contributed by atoms with van der Waals surface area (Å²) < 4.78 is 5.54. The fourth-order valence-corrected chi connectivity index (χ4v) is 1.56. The predicted octanol–water partition coefficient (Wildman–Crippen LogP) is 3.44. The van der Waals surface area contributed by atoms with Crippen LogP contribution >= 0.6 is 11.6 Å². The van der Waals surface area contributed by atoms with Gasteiger partial charge in [0, 0.05) is 18.7 Å². The molecule has 0 aliphatic heterocycles. The van der Waals surface area contributed by atoms with Crippen LogP contribution in [0.4, 0.5) is 0 Å². The van der Waals surface area contributed by atoms with Gasteiger partial charge in [0.15, 0.2) is 0 Å². The highest BCUT2D eigenvalue weighted by molar-refractivity contribution is 6.65. The average Bonchev–Trinajstić information content (AvgIpc) is 2.42. The van der Waals surface area contributed by atoms with Crippen molar-refractivity contribution in [2.75, 3.05) is 0 Å². The molecule has 2 rings (SSSR count). The van der Waals surface area contributed by atoms with Gasteiger partial charge in [0.1, 0.15) is 10.9 Å². The fourth-order valence-electron chi connectivity index (χ4n) is 1.41. The molecule has 1 heterocycles. The molecule has 0 bridgehead atoms. The van der Waals surface area contributed by atoms with E-state index < -0.39 is 0 Å². The topological polar surface area (TPSA) is 54.7 Å². The molecular formula is C13H11ClN2O2. The first-order chi connectivity index (χ1) is 8.78. The Kier molecular flexibility index (Phi) is 4.15. The van der Waals surface area contributed by atoms with E-state index in [4.69, 9.17) is 21.5 Å². The number of hydrogen-bond acceptors (Lipinski definition) is 4. The first-order valence-corrected chi connectivity index (χ1v) is 5.70. The van der Waals surface area contributed by atoms with Gasteiger partial charge in [-0.25, -0.2) is 4.98 Å². The van der Waals surface area contributed by atoms with Gasteiger partial charge in [-0.3, -0.25) is 0 Å². The van der Waals surface area contributed by atoms with E-state index in [1.54, 1.807) is 12.3 Å². The molecule has 2 aromatic rings. The fraction of sp³-hybridized carbons (Fsp3) is 0.0769. The number of halogens is 1. The second kappa shape index (κ2) is 6.02. The second-order valence-corrected chi connectivity index (χ2v) is 4.00. The molecule has 0 spiro atoms. The molecule has 0 aliphatic carbocycles. The summed E-state index contributed by atoms with van der Waals surface area (Å²) in [5.41, 5.74) is 0.936. The highest BCUT2D eigenvalue weighted by atomic mass is 35.5. The molecule has 1 aromatic carbocycles. The van der Waals surface area contributed by atoms with Crippen LogP contribution < -0.4 is 4.74 Å². The number of oxime groups is 1. The van der Waals surface area contributed by atoms with Crippen molar-refractivity contribution in [1.29, 1.82) is 0 Å². The summed E-state index contributed by atoms with van der Waals surface area (Å²) in [6.45, 7) is 0. The van der Waals surface area contributed by atoms with E-state index in [-0.39, 0.29) is 5.17 Å². The zero-order valence-electron chi connectivity index (χ0n) is 9.45. The van der Waals surface area contributed by atoms with Crippen molar-refractivity contribution in [3.05, 3.63) is 54.2 Å². The third-order valence-electron chi connectivity index (χ3n) is 2.24. The molecule has 0 fully saturated rings. The van der Waals surface area contributed by atoms with Crippen LogP contribution in [0.2, 0.25) is 0 Å². The highest BCUT2D eigenvalue weighted by Crippen LogP contribution is 2.19. The third-order valence-corrected chi connectivity index (χ3v) is 2.45. The predicted molar refractivity (Wildman–Crippen MR) is 69.5 cm³/mol.